The highest BCUT2D eigenvalue weighted by Gasteiger charge is 2.11. The van der Waals surface area contributed by atoms with Crippen LogP contribution in [0.15, 0.2) is 30.0 Å². The van der Waals surface area contributed by atoms with E-state index in [2.05, 4.69) is 0 Å². The van der Waals surface area contributed by atoms with Crippen LogP contribution in [0.4, 0.5) is 5.69 Å². The average Bonchev–Trinajstić information content (AvgIpc) is 2.17. The van der Waals surface area contributed by atoms with E-state index >= 15 is 0 Å². The van der Waals surface area contributed by atoms with Gasteiger partial charge >= 0.3 is 5.97 Å². The number of hydrogen-bond donors (Lipinski definition) is 2. The van der Waals surface area contributed by atoms with Crippen LogP contribution >= 0.6 is 0 Å². The predicted octanol–water partition coefficient (Wildman–Crippen LogP) is 1.87. The van der Waals surface area contributed by atoms with E-state index in [9.17, 15) is 4.79 Å². The van der Waals surface area contributed by atoms with Gasteiger partial charge in [-0.05, 0) is 35.9 Å². The molecular formula is C12H16NO3+. The van der Waals surface area contributed by atoms with E-state index in [1.54, 1.807) is 12.1 Å². The number of benzene rings is 1. The zero-order valence-electron chi connectivity index (χ0n) is 9.64. The first-order valence-corrected chi connectivity index (χ1v) is 4.87. The molecule has 0 heterocycles. The molecule has 0 spiro atoms. The number of nitrogens with zero attached hydrogens (tertiary/aromatic N) is 1. The van der Waals surface area contributed by atoms with Gasteiger partial charge < -0.3 is 10.2 Å². The molecule has 4 heteroatoms. The Morgan fingerprint density at radius 3 is 2.00 bits per heavy atom. The molecule has 0 aliphatic rings. The predicted molar refractivity (Wildman–Crippen MR) is 64.2 cm³/mol. The quantitative estimate of drug-likeness (QED) is 0.466. The Kier molecular flexibility index (Phi) is 3.34. The fourth-order valence-electron chi connectivity index (χ4n) is 1.24. The Bertz CT molecular complexity index is 413. The third-order valence-corrected chi connectivity index (χ3v) is 2.19. The van der Waals surface area contributed by atoms with Crippen LogP contribution in [0.1, 0.15) is 5.56 Å². The van der Waals surface area contributed by atoms with Crippen LogP contribution in [0, 0.1) is 0 Å². The van der Waals surface area contributed by atoms with Gasteiger partial charge in [-0.1, -0.05) is 0 Å². The number of carboxylic acid groups (broad SMARTS) is 1. The zero-order chi connectivity index (χ0) is 12.3. The molecule has 0 aromatic heterocycles. The molecule has 0 aliphatic carbocycles. The molecule has 86 valence electrons. The van der Waals surface area contributed by atoms with E-state index in [1.165, 1.54) is 6.08 Å². The largest absolute Gasteiger partial charge is 0.502 e. The molecule has 1 aromatic rings. The molecule has 0 amide bonds. The van der Waals surface area contributed by atoms with Gasteiger partial charge in [-0.25, -0.2) is 4.79 Å². The van der Waals surface area contributed by atoms with Crippen molar-refractivity contribution in [3.63, 3.8) is 0 Å². The lowest BCUT2D eigenvalue weighted by Gasteiger charge is -2.23. The Morgan fingerprint density at radius 2 is 1.62 bits per heavy atom. The Labute approximate surface area is 94.7 Å². The third-order valence-electron chi connectivity index (χ3n) is 2.19. The molecule has 0 unspecified atom stereocenters. The fourth-order valence-corrected chi connectivity index (χ4v) is 1.24. The Hall–Kier alpha value is -1.81. The number of rotatable bonds is 3. The summed E-state index contributed by atoms with van der Waals surface area (Å²) in [5.74, 6) is -1.98. The van der Waals surface area contributed by atoms with E-state index < -0.39 is 11.7 Å². The number of aliphatic carboxylic acids is 1. The Morgan fingerprint density at radius 1 is 1.12 bits per heavy atom. The van der Waals surface area contributed by atoms with Gasteiger partial charge in [0.05, 0.1) is 21.1 Å². The van der Waals surface area contributed by atoms with Crippen molar-refractivity contribution >= 4 is 17.7 Å². The zero-order valence-corrected chi connectivity index (χ0v) is 9.64. The fraction of sp³-hybridized carbons (Fsp3) is 0.250. The molecule has 2 N–H and O–H groups in total. The van der Waals surface area contributed by atoms with Crippen molar-refractivity contribution in [2.45, 2.75) is 0 Å². The highest BCUT2D eigenvalue weighted by Crippen LogP contribution is 2.18. The summed E-state index contributed by atoms with van der Waals surface area (Å²) in [6, 6.07) is 7.36. The molecule has 0 aliphatic heterocycles. The van der Waals surface area contributed by atoms with Crippen molar-refractivity contribution in [3.8, 4) is 0 Å². The summed E-state index contributed by atoms with van der Waals surface area (Å²) in [4.78, 5) is 10.4. The summed E-state index contributed by atoms with van der Waals surface area (Å²) in [7, 11) is 6.12. The number of quaternary nitrogens is 1. The van der Waals surface area contributed by atoms with Crippen LogP contribution in [0.5, 0.6) is 0 Å². The minimum absolute atomic E-state index is 0.655. The van der Waals surface area contributed by atoms with Crippen LogP contribution < -0.4 is 4.48 Å². The number of carbonyl (C=O) groups is 1. The summed E-state index contributed by atoms with van der Waals surface area (Å²) in [6.07, 6.45) is 1.22. The smallest absolute Gasteiger partial charge is 0.370 e. The molecule has 16 heavy (non-hydrogen) atoms. The lowest BCUT2D eigenvalue weighted by molar-refractivity contribution is -0.135. The van der Waals surface area contributed by atoms with E-state index in [1.807, 2.05) is 33.3 Å². The molecule has 1 rings (SSSR count). The van der Waals surface area contributed by atoms with Crippen LogP contribution in [-0.4, -0.2) is 37.3 Å². The maximum atomic E-state index is 10.4. The first-order valence-electron chi connectivity index (χ1n) is 4.87. The standard InChI is InChI=1S/C12H15NO3/c1-13(2,3)10-6-4-9(5-7-10)8-11(14)12(15)16/h4-8H,1-3H3,(H-,14,15,16)/p+1/b11-8-. The van der Waals surface area contributed by atoms with Gasteiger partial charge in [-0.2, -0.15) is 0 Å². The van der Waals surface area contributed by atoms with Crippen molar-refractivity contribution in [3.05, 3.63) is 35.6 Å². The molecule has 0 atom stereocenters. The maximum absolute atomic E-state index is 10.4. The molecule has 4 nitrogen and oxygen atoms in total. The van der Waals surface area contributed by atoms with Crippen LogP contribution in [0.3, 0.4) is 0 Å². The summed E-state index contributed by atoms with van der Waals surface area (Å²) >= 11 is 0. The van der Waals surface area contributed by atoms with Gasteiger partial charge in [0.25, 0.3) is 0 Å². The molecule has 0 bridgehead atoms. The SMILES string of the molecule is C[N+](C)(C)c1ccc(/C=C(\O)C(=O)O)cc1. The number of aliphatic hydroxyl groups is 1. The van der Waals surface area contributed by atoms with Crippen LogP contribution in [0.25, 0.3) is 6.08 Å². The monoisotopic (exact) mass is 222 g/mol. The van der Waals surface area contributed by atoms with Crippen LogP contribution in [-0.2, 0) is 4.79 Å². The van der Waals surface area contributed by atoms with Gasteiger partial charge in [0, 0.05) is 0 Å². The van der Waals surface area contributed by atoms with Gasteiger partial charge in [0.2, 0.25) is 5.76 Å². The average molecular weight is 222 g/mol. The Balaban J connectivity index is 2.97. The lowest BCUT2D eigenvalue weighted by Crippen LogP contribution is -2.34. The van der Waals surface area contributed by atoms with Crippen molar-refractivity contribution in [2.24, 2.45) is 0 Å². The number of carboxylic acids is 1. The topological polar surface area (TPSA) is 57.5 Å². The maximum Gasteiger partial charge on any atom is 0.370 e. The van der Waals surface area contributed by atoms with Crippen LogP contribution in [0.2, 0.25) is 0 Å². The highest BCUT2D eigenvalue weighted by molar-refractivity contribution is 5.89. The number of hydrogen-bond acceptors (Lipinski definition) is 2. The van der Waals surface area contributed by atoms with Gasteiger partial charge in [-0.15, -0.1) is 0 Å². The molecular weight excluding hydrogens is 206 g/mol. The van der Waals surface area contributed by atoms with Crippen molar-refractivity contribution in [1.82, 2.24) is 4.48 Å². The van der Waals surface area contributed by atoms with E-state index in [-0.39, 0.29) is 0 Å². The molecule has 0 radical (unpaired) electrons. The minimum atomic E-state index is -1.32. The second kappa shape index (κ2) is 4.37. The van der Waals surface area contributed by atoms with Crippen molar-refractivity contribution in [2.75, 3.05) is 21.1 Å². The summed E-state index contributed by atoms with van der Waals surface area (Å²) < 4.78 is 0.689. The van der Waals surface area contributed by atoms with Gasteiger partial charge in [-0.3, -0.25) is 4.48 Å². The molecule has 0 saturated heterocycles. The van der Waals surface area contributed by atoms with Gasteiger partial charge in [0.1, 0.15) is 5.69 Å². The molecule has 1 aromatic carbocycles. The summed E-state index contributed by atoms with van der Waals surface area (Å²) in [5.41, 5.74) is 1.77. The van der Waals surface area contributed by atoms with E-state index in [0.29, 0.717) is 10.0 Å². The molecule has 0 saturated carbocycles. The highest BCUT2D eigenvalue weighted by atomic mass is 16.4. The summed E-state index contributed by atoms with van der Waals surface area (Å²) in [5, 5.41) is 17.6. The second-order valence-corrected chi connectivity index (χ2v) is 4.44. The summed E-state index contributed by atoms with van der Waals surface area (Å²) in [6.45, 7) is 0. The van der Waals surface area contributed by atoms with E-state index in [4.69, 9.17) is 10.2 Å². The molecule has 0 fully saturated rings. The first kappa shape index (κ1) is 12.3. The van der Waals surface area contributed by atoms with E-state index in [0.717, 1.165) is 5.69 Å². The first-order chi connectivity index (χ1) is 7.30. The van der Waals surface area contributed by atoms with Crippen molar-refractivity contribution < 1.29 is 15.0 Å². The minimum Gasteiger partial charge on any atom is -0.502 e. The second-order valence-electron chi connectivity index (χ2n) is 4.44. The number of aliphatic hydroxyl groups excluding tert-OH is 1. The van der Waals surface area contributed by atoms with Crippen molar-refractivity contribution in [1.29, 1.82) is 0 Å². The normalized spacial score (nSPS) is 12.6. The third kappa shape index (κ3) is 3.10. The lowest BCUT2D eigenvalue weighted by atomic mass is 10.1. The van der Waals surface area contributed by atoms with Gasteiger partial charge in [0.15, 0.2) is 0 Å².